The molecule has 3 heteroatoms. The van der Waals surface area contributed by atoms with Gasteiger partial charge in [-0.15, -0.1) is 0 Å². The third-order valence-electron chi connectivity index (χ3n) is 2.21. The summed E-state index contributed by atoms with van der Waals surface area (Å²) in [6.07, 6.45) is 8.07. The quantitative estimate of drug-likeness (QED) is 0.527. The van der Waals surface area contributed by atoms with E-state index in [0.29, 0.717) is 25.5 Å². The molecule has 13 heavy (non-hydrogen) atoms. The lowest BCUT2D eigenvalue weighted by Crippen LogP contribution is -2.16. The molecule has 0 aromatic carbocycles. The highest BCUT2D eigenvalue weighted by Crippen LogP contribution is 2.21. The van der Waals surface area contributed by atoms with Crippen molar-refractivity contribution in [1.82, 2.24) is 0 Å². The van der Waals surface area contributed by atoms with E-state index in [1.54, 1.807) is 0 Å². The molecule has 1 atom stereocenters. The Bertz CT molecular complexity index is 189. The summed E-state index contributed by atoms with van der Waals surface area (Å²) < 4.78 is 4.91. The predicted octanol–water partition coefficient (Wildman–Crippen LogP) is 1.23. The Morgan fingerprint density at radius 2 is 2.38 bits per heavy atom. The zero-order valence-corrected chi connectivity index (χ0v) is 7.87. The lowest BCUT2D eigenvalue weighted by atomic mass is 9.92. The second-order valence-electron chi connectivity index (χ2n) is 3.36. The first-order chi connectivity index (χ1) is 6.33. The molecule has 1 rings (SSSR count). The van der Waals surface area contributed by atoms with Gasteiger partial charge in [-0.3, -0.25) is 4.79 Å². The fourth-order valence-electron chi connectivity index (χ4n) is 1.51. The highest BCUT2D eigenvalue weighted by atomic mass is 16.5. The minimum absolute atomic E-state index is 0.106. The Kier molecular flexibility index (Phi) is 4.54. The summed E-state index contributed by atoms with van der Waals surface area (Å²) in [5.41, 5.74) is 5.22. The van der Waals surface area contributed by atoms with Crippen LogP contribution in [0.4, 0.5) is 0 Å². The van der Waals surface area contributed by atoms with Gasteiger partial charge in [0.15, 0.2) is 0 Å². The van der Waals surface area contributed by atoms with E-state index in [1.807, 2.05) is 0 Å². The molecule has 0 aromatic heterocycles. The van der Waals surface area contributed by atoms with E-state index in [4.69, 9.17) is 10.5 Å². The second-order valence-corrected chi connectivity index (χ2v) is 3.36. The maximum Gasteiger partial charge on any atom is 0.306 e. The molecule has 0 fully saturated rings. The van der Waals surface area contributed by atoms with Crippen LogP contribution in [-0.2, 0) is 9.53 Å². The van der Waals surface area contributed by atoms with E-state index in [1.165, 1.54) is 0 Å². The number of hydrogen-bond acceptors (Lipinski definition) is 3. The number of ether oxygens (including phenoxy) is 1. The molecule has 0 amide bonds. The van der Waals surface area contributed by atoms with Crippen molar-refractivity contribution in [3.05, 3.63) is 12.2 Å². The highest BCUT2D eigenvalue weighted by Gasteiger charge is 2.14. The molecule has 0 aliphatic heterocycles. The van der Waals surface area contributed by atoms with Gasteiger partial charge in [0.05, 0.1) is 0 Å². The van der Waals surface area contributed by atoms with Crippen LogP contribution in [0.1, 0.15) is 25.7 Å². The van der Waals surface area contributed by atoms with Crippen molar-refractivity contribution < 1.29 is 9.53 Å². The number of allylic oxidation sites excluding steroid dienone is 2. The van der Waals surface area contributed by atoms with Crippen LogP contribution in [0.3, 0.4) is 0 Å². The smallest absolute Gasteiger partial charge is 0.306 e. The Hall–Kier alpha value is -0.830. The van der Waals surface area contributed by atoms with Gasteiger partial charge in [-0.1, -0.05) is 12.2 Å². The van der Waals surface area contributed by atoms with Gasteiger partial charge in [0.25, 0.3) is 0 Å². The first-order valence-electron chi connectivity index (χ1n) is 4.83. The largest absolute Gasteiger partial charge is 0.464 e. The average Bonchev–Trinajstić information content (AvgIpc) is 2.16. The fraction of sp³-hybridized carbons (Fsp3) is 0.700. The van der Waals surface area contributed by atoms with Crippen LogP contribution in [0, 0.1) is 5.92 Å². The fourth-order valence-corrected chi connectivity index (χ4v) is 1.51. The Morgan fingerprint density at radius 1 is 1.54 bits per heavy atom. The van der Waals surface area contributed by atoms with E-state index < -0.39 is 0 Å². The summed E-state index contributed by atoms with van der Waals surface area (Å²) in [4.78, 5) is 11.2. The van der Waals surface area contributed by atoms with Crippen LogP contribution in [-0.4, -0.2) is 19.1 Å². The van der Waals surface area contributed by atoms with Crippen LogP contribution >= 0.6 is 0 Å². The molecule has 1 aliphatic rings. The van der Waals surface area contributed by atoms with E-state index in [2.05, 4.69) is 12.2 Å². The monoisotopic (exact) mass is 183 g/mol. The van der Waals surface area contributed by atoms with Crippen LogP contribution in [0.15, 0.2) is 12.2 Å². The lowest BCUT2D eigenvalue weighted by Gasteiger charge is -2.16. The van der Waals surface area contributed by atoms with Crippen molar-refractivity contribution in [2.24, 2.45) is 11.7 Å². The van der Waals surface area contributed by atoms with E-state index in [0.717, 1.165) is 19.3 Å². The van der Waals surface area contributed by atoms with Crippen LogP contribution in [0.2, 0.25) is 0 Å². The second kappa shape index (κ2) is 5.75. The molecule has 0 saturated carbocycles. The van der Waals surface area contributed by atoms with Gasteiger partial charge in [0, 0.05) is 13.0 Å². The minimum atomic E-state index is -0.106. The molecule has 1 unspecified atom stereocenters. The molecule has 74 valence electrons. The van der Waals surface area contributed by atoms with Gasteiger partial charge in [0.2, 0.25) is 0 Å². The van der Waals surface area contributed by atoms with Gasteiger partial charge >= 0.3 is 5.97 Å². The van der Waals surface area contributed by atoms with Crippen LogP contribution in [0.25, 0.3) is 0 Å². The highest BCUT2D eigenvalue weighted by molar-refractivity contribution is 5.69. The van der Waals surface area contributed by atoms with Gasteiger partial charge in [0.1, 0.15) is 6.61 Å². The van der Waals surface area contributed by atoms with Crippen molar-refractivity contribution in [2.75, 3.05) is 13.2 Å². The van der Waals surface area contributed by atoms with Crippen LogP contribution < -0.4 is 5.73 Å². The molecule has 0 aromatic rings. The van der Waals surface area contributed by atoms with Crippen molar-refractivity contribution in [3.8, 4) is 0 Å². The first kappa shape index (κ1) is 10.3. The molecule has 2 N–H and O–H groups in total. The molecule has 0 spiro atoms. The number of esters is 1. The molecule has 0 bridgehead atoms. The standard InChI is InChI=1S/C10H17NO2/c11-6-7-13-10(12)8-9-4-2-1-3-5-9/h1-2,9H,3-8,11H2. The maximum absolute atomic E-state index is 11.2. The molecule has 0 saturated heterocycles. The van der Waals surface area contributed by atoms with Crippen molar-refractivity contribution >= 4 is 5.97 Å². The summed E-state index contributed by atoms with van der Waals surface area (Å²) in [6, 6.07) is 0. The number of carbonyl (C=O) groups is 1. The summed E-state index contributed by atoms with van der Waals surface area (Å²) in [6.45, 7) is 0.762. The van der Waals surface area contributed by atoms with Crippen molar-refractivity contribution in [1.29, 1.82) is 0 Å². The van der Waals surface area contributed by atoms with E-state index in [9.17, 15) is 4.79 Å². The van der Waals surface area contributed by atoms with Gasteiger partial charge in [-0.2, -0.15) is 0 Å². The van der Waals surface area contributed by atoms with E-state index >= 15 is 0 Å². The molecule has 0 heterocycles. The van der Waals surface area contributed by atoms with Gasteiger partial charge in [-0.25, -0.2) is 0 Å². The Balaban J connectivity index is 2.15. The molecular weight excluding hydrogens is 166 g/mol. The Morgan fingerprint density at radius 3 is 3.00 bits per heavy atom. The number of carbonyl (C=O) groups excluding carboxylic acids is 1. The lowest BCUT2D eigenvalue weighted by molar-refractivity contribution is -0.144. The van der Waals surface area contributed by atoms with Gasteiger partial charge in [-0.05, 0) is 25.2 Å². The molecule has 0 radical (unpaired) electrons. The molecule has 1 aliphatic carbocycles. The summed E-state index contributed by atoms with van der Waals surface area (Å²) in [5, 5.41) is 0. The van der Waals surface area contributed by atoms with Crippen molar-refractivity contribution in [2.45, 2.75) is 25.7 Å². The Labute approximate surface area is 78.9 Å². The molecular formula is C10H17NO2. The number of rotatable bonds is 4. The summed E-state index contributed by atoms with van der Waals surface area (Å²) >= 11 is 0. The minimum Gasteiger partial charge on any atom is -0.464 e. The van der Waals surface area contributed by atoms with Crippen molar-refractivity contribution in [3.63, 3.8) is 0 Å². The SMILES string of the molecule is NCCOC(=O)CC1CC=CCC1. The summed E-state index contributed by atoms with van der Waals surface area (Å²) in [5.74, 6) is 0.376. The van der Waals surface area contributed by atoms with Crippen LogP contribution in [0.5, 0.6) is 0 Å². The normalized spacial score (nSPS) is 21.5. The summed E-state index contributed by atoms with van der Waals surface area (Å²) in [7, 11) is 0. The number of nitrogens with two attached hydrogens (primary N) is 1. The first-order valence-corrected chi connectivity index (χ1v) is 4.83. The molecule has 3 nitrogen and oxygen atoms in total. The number of hydrogen-bond donors (Lipinski definition) is 1. The maximum atomic E-state index is 11.2. The zero-order valence-electron chi connectivity index (χ0n) is 7.87. The average molecular weight is 183 g/mol. The topological polar surface area (TPSA) is 52.3 Å². The van der Waals surface area contributed by atoms with Gasteiger partial charge < -0.3 is 10.5 Å². The van der Waals surface area contributed by atoms with E-state index in [-0.39, 0.29) is 5.97 Å². The predicted molar refractivity (Wildman–Crippen MR) is 51.1 cm³/mol. The zero-order chi connectivity index (χ0) is 9.52. The third-order valence-corrected chi connectivity index (χ3v) is 2.21. The third kappa shape index (κ3) is 4.08.